The van der Waals surface area contributed by atoms with Gasteiger partial charge in [-0.05, 0) is 67.4 Å². The van der Waals surface area contributed by atoms with Gasteiger partial charge in [-0.3, -0.25) is 9.52 Å². The van der Waals surface area contributed by atoms with Crippen molar-refractivity contribution in [1.29, 1.82) is 0 Å². The Bertz CT molecular complexity index is 1240. The number of hydrogen-bond acceptors (Lipinski definition) is 4. The van der Waals surface area contributed by atoms with Crippen LogP contribution < -0.4 is 9.46 Å². The van der Waals surface area contributed by atoms with Crippen molar-refractivity contribution in [1.82, 2.24) is 4.90 Å². The smallest absolute Gasteiger partial charge is 0.262 e. The third-order valence-corrected chi connectivity index (χ3v) is 6.96. The molecule has 166 valence electrons. The molecule has 0 aliphatic carbocycles. The topological polar surface area (TPSA) is 75.7 Å². The number of carbonyl (C=O) groups is 1. The van der Waals surface area contributed by atoms with Gasteiger partial charge in [0.25, 0.3) is 15.9 Å². The second-order valence-electron chi connectivity index (χ2n) is 7.30. The number of likely N-dealkylation sites (tertiary alicyclic amines) is 1. The minimum absolute atomic E-state index is 0.0369. The Morgan fingerprint density at radius 3 is 2.28 bits per heavy atom. The molecule has 32 heavy (non-hydrogen) atoms. The maximum absolute atomic E-state index is 12.9. The number of anilines is 1. The van der Waals surface area contributed by atoms with Crippen LogP contribution in [0.5, 0.6) is 11.5 Å². The summed E-state index contributed by atoms with van der Waals surface area (Å²) >= 11 is 12.1. The summed E-state index contributed by atoms with van der Waals surface area (Å²) < 4.78 is 34.3. The van der Waals surface area contributed by atoms with E-state index >= 15 is 0 Å². The molecule has 0 radical (unpaired) electrons. The molecule has 6 nitrogen and oxygen atoms in total. The lowest BCUT2D eigenvalue weighted by atomic mass is 10.2. The first-order valence-corrected chi connectivity index (χ1v) is 12.2. The van der Waals surface area contributed by atoms with Gasteiger partial charge < -0.3 is 9.64 Å². The molecule has 1 fully saturated rings. The normalized spacial score (nSPS) is 13.8. The fraction of sp³-hybridized carbons (Fsp3) is 0.174. The van der Waals surface area contributed by atoms with Crippen LogP contribution in [-0.4, -0.2) is 32.3 Å². The molecule has 0 spiro atoms. The van der Waals surface area contributed by atoms with Gasteiger partial charge in [0, 0.05) is 23.7 Å². The number of halogens is 2. The lowest BCUT2D eigenvalue weighted by molar-refractivity contribution is 0.0792. The zero-order valence-electron chi connectivity index (χ0n) is 16.9. The van der Waals surface area contributed by atoms with Crippen molar-refractivity contribution in [3.8, 4) is 11.5 Å². The van der Waals surface area contributed by atoms with Crippen molar-refractivity contribution < 1.29 is 17.9 Å². The van der Waals surface area contributed by atoms with Gasteiger partial charge in [-0.1, -0.05) is 35.3 Å². The highest BCUT2D eigenvalue weighted by molar-refractivity contribution is 7.92. The predicted octanol–water partition coefficient (Wildman–Crippen LogP) is 5.82. The summed E-state index contributed by atoms with van der Waals surface area (Å²) in [5, 5.41) is 0.761. The van der Waals surface area contributed by atoms with Crippen molar-refractivity contribution in [3.63, 3.8) is 0 Å². The third-order valence-electron chi connectivity index (χ3n) is 5.05. The number of hydrogen-bond donors (Lipinski definition) is 1. The number of para-hydroxylation sites is 2. The van der Waals surface area contributed by atoms with Crippen LogP contribution in [0.25, 0.3) is 0 Å². The van der Waals surface area contributed by atoms with Crippen LogP contribution in [-0.2, 0) is 10.0 Å². The Labute approximate surface area is 196 Å². The van der Waals surface area contributed by atoms with E-state index in [1.54, 1.807) is 41.3 Å². The molecule has 0 unspecified atom stereocenters. The second kappa shape index (κ2) is 9.40. The maximum atomic E-state index is 12.9. The molecule has 3 aromatic carbocycles. The molecule has 9 heteroatoms. The van der Waals surface area contributed by atoms with Gasteiger partial charge in [0.15, 0.2) is 5.75 Å². The van der Waals surface area contributed by atoms with Crippen molar-refractivity contribution in [2.75, 3.05) is 17.8 Å². The van der Waals surface area contributed by atoms with Crippen LogP contribution in [0.15, 0.2) is 71.6 Å². The van der Waals surface area contributed by atoms with Gasteiger partial charge in [0.1, 0.15) is 5.75 Å². The van der Waals surface area contributed by atoms with E-state index in [4.69, 9.17) is 27.9 Å². The summed E-state index contributed by atoms with van der Waals surface area (Å²) in [5.74, 6) is 0.534. The van der Waals surface area contributed by atoms with Gasteiger partial charge >= 0.3 is 0 Å². The standard InChI is InChI=1S/C23H20Cl2N2O4S/c24-17-9-12-21(19(25)15-17)31-22-6-2-1-5-20(22)26-32(29,30)18-10-7-16(8-11-18)23(28)27-13-3-4-14-27/h1-2,5-12,15,26H,3-4,13-14H2. The lowest BCUT2D eigenvalue weighted by Crippen LogP contribution is -2.27. The summed E-state index contributed by atoms with van der Waals surface area (Å²) in [6.45, 7) is 1.46. The average molecular weight is 491 g/mol. The van der Waals surface area contributed by atoms with E-state index in [9.17, 15) is 13.2 Å². The first kappa shape index (κ1) is 22.5. The first-order valence-electron chi connectivity index (χ1n) is 9.97. The van der Waals surface area contributed by atoms with Crippen LogP contribution in [0, 0.1) is 0 Å². The van der Waals surface area contributed by atoms with E-state index in [1.807, 2.05) is 0 Å². The molecule has 0 saturated carbocycles. The van der Waals surface area contributed by atoms with Crippen molar-refractivity contribution in [2.45, 2.75) is 17.7 Å². The van der Waals surface area contributed by atoms with Crippen molar-refractivity contribution >= 4 is 44.8 Å². The van der Waals surface area contributed by atoms with Crippen molar-refractivity contribution in [2.24, 2.45) is 0 Å². The van der Waals surface area contributed by atoms with Crippen LogP contribution >= 0.6 is 23.2 Å². The van der Waals surface area contributed by atoms with Crippen LogP contribution in [0.2, 0.25) is 10.0 Å². The van der Waals surface area contributed by atoms with E-state index < -0.39 is 10.0 Å². The second-order valence-corrected chi connectivity index (χ2v) is 9.83. The van der Waals surface area contributed by atoms with Crippen molar-refractivity contribution in [3.05, 3.63) is 82.3 Å². The number of benzene rings is 3. The van der Waals surface area contributed by atoms with E-state index in [1.165, 1.54) is 30.3 Å². The molecule has 3 aromatic rings. The van der Waals surface area contributed by atoms with Gasteiger partial charge in [-0.25, -0.2) is 8.42 Å². The molecule has 1 heterocycles. The molecular weight excluding hydrogens is 471 g/mol. The number of ether oxygens (including phenoxy) is 1. The van der Waals surface area contributed by atoms with E-state index in [2.05, 4.69) is 4.72 Å². The highest BCUT2D eigenvalue weighted by atomic mass is 35.5. The minimum atomic E-state index is -3.92. The molecule has 0 aromatic heterocycles. The van der Waals surface area contributed by atoms with Crippen LogP contribution in [0.3, 0.4) is 0 Å². The first-order chi connectivity index (χ1) is 15.3. The Morgan fingerprint density at radius 2 is 1.59 bits per heavy atom. The van der Waals surface area contributed by atoms with Gasteiger partial charge in [0.2, 0.25) is 0 Å². The molecule has 1 amide bonds. The van der Waals surface area contributed by atoms with Gasteiger partial charge in [0.05, 0.1) is 15.6 Å². The molecule has 1 aliphatic rings. The quantitative estimate of drug-likeness (QED) is 0.471. The maximum Gasteiger partial charge on any atom is 0.262 e. The van der Waals surface area contributed by atoms with Crippen LogP contribution in [0.1, 0.15) is 23.2 Å². The molecule has 4 rings (SSSR count). The van der Waals surface area contributed by atoms with Gasteiger partial charge in [-0.2, -0.15) is 0 Å². The predicted molar refractivity (Wildman–Crippen MR) is 125 cm³/mol. The molecule has 1 aliphatic heterocycles. The fourth-order valence-corrected chi connectivity index (χ4v) is 4.92. The number of nitrogens with one attached hydrogen (secondary N) is 1. The van der Waals surface area contributed by atoms with Gasteiger partial charge in [-0.15, -0.1) is 0 Å². The minimum Gasteiger partial charge on any atom is -0.454 e. The highest BCUT2D eigenvalue weighted by Gasteiger charge is 2.21. The molecule has 1 N–H and O–H groups in total. The highest BCUT2D eigenvalue weighted by Crippen LogP contribution is 2.35. The van der Waals surface area contributed by atoms with E-state index in [-0.39, 0.29) is 22.2 Å². The average Bonchev–Trinajstić information content (AvgIpc) is 3.31. The Balaban J connectivity index is 1.54. The molecule has 1 saturated heterocycles. The third kappa shape index (κ3) is 5.01. The van der Waals surface area contributed by atoms with E-state index in [0.717, 1.165) is 25.9 Å². The molecule has 0 atom stereocenters. The van der Waals surface area contributed by atoms with E-state index in [0.29, 0.717) is 21.4 Å². The Morgan fingerprint density at radius 1 is 0.906 bits per heavy atom. The Kier molecular flexibility index (Phi) is 6.60. The number of rotatable bonds is 6. The summed E-state index contributed by atoms with van der Waals surface area (Å²) in [7, 11) is -3.92. The zero-order valence-corrected chi connectivity index (χ0v) is 19.3. The fourth-order valence-electron chi connectivity index (χ4n) is 3.40. The number of amides is 1. The summed E-state index contributed by atoms with van der Waals surface area (Å²) in [5.41, 5.74) is 0.711. The Hall–Kier alpha value is -2.74. The summed E-state index contributed by atoms with van der Waals surface area (Å²) in [6.07, 6.45) is 1.98. The number of nitrogens with zero attached hydrogens (tertiary/aromatic N) is 1. The lowest BCUT2D eigenvalue weighted by Gasteiger charge is -2.16. The molecule has 0 bridgehead atoms. The monoisotopic (exact) mass is 490 g/mol. The number of carbonyl (C=O) groups excluding carboxylic acids is 1. The van der Waals surface area contributed by atoms with Crippen LogP contribution in [0.4, 0.5) is 5.69 Å². The largest absolute Gasteiger partial charge is 0.454 e. The SMILES string of the molecule is O=C(c1ccc(S(=O)(=O)Nc2ccccc2Oc2ccc(Cl)cc2Cl)cc1)N1CCCC1. The summed E-state index contributed by atoms with van der Waals surface area (Å²) in [6, 6.07) is 17.3. The molecular formula is C23H20Cl2N2O4S. The number of sulfonamides is 1. The zero-order chi connectivity index (χ0) is 22.7. The summed E-state index contributed by atoms with van der Waals surface area (Å²) in [4.78, 5) is 14.3.